The van der Waals surface area contributed by atoms with Crippen molar-refractivity contribution in [1.82, 2.24) is 10.3 Å². The van der Waals surface area contributed by atoms with Crippen molar-refractivity contribution in [2.24, 2.45) is 0 Å². The zero-order chi connectivity index (χ0) is 16.7. The maximum Gasteiger partial charge on any atom is 0.257 e. The largest absolute Gasteiger partial charge is 0.349 e. The van der Waals surface area contributed by atoms with E-state index in [4.69, 9.17) is 0 Å². The van der Waals surface area contributed by atoms with Crippen molar-refractivity contribution in [3.05, 3.63) is 72.1 Å². The molecule has 5 nitrogen and oxygen atoms in total. The van der Waals surface area contributed by atoms with E-state index in [9.17, 15) is 9.59 Å². The standard InChI is InChI=1S/C18H19N3O2/c1-3-9-20-17(22)14-10-15(12-19-11-14)18(23)21-16-8-6-5-7-13(16)4-2/h3,5-8,10-12H,1,4,9H2,2H3,(H,20,22)(H,21,23). The number of hydrogen-bond donors (Lipinski definition) is 2. The van der Waals surface area contributed by atoms with Gasteiger partial charge < -0.3 is 10.6 Å². The van der Waals surface area contributed by atoms with Gasteiger partial charge in [-0.15, -0.1) is 6.58 Å². The van der Waals surface area contributed by atoms with Gasteiger partial charge in [-0.2, -0.15) is 0 Å². The first-order valence-electron chi connectivity index (χ1n) is 7.39. The van der Waals surface area contributed by atoms with Crippen LogP contribution in [0.2, 0.25) is 0 Å². The van der Waals surface area contributed by atoms with Gasteiger partial charge in [-0.25, -0.2) is 0 Å². The number of amides is 2. The van der Waals surface area contributed by atoms with Crippen LogP contribution < -0.4 is 10.6 Å². The van der Waals surface area contributed by atoms with E-state index in [0.29, 0.717) is 17.7 Å². The van der Waals surface area contributed by atoms with Gasteiger partial charge in [-0.1, -0.05) is 31.2 Å². The van der Waals surface area contributed by atoms with Gasteiger partial charge in [0.15, 0.2) is 0 Å². The lowest BCUT2D eigenvalue weighted by atomic mass is 10.1. The fourth-order valence-corrected chi connectivity index (χ4v) is 2.10. The van der Waals surface area contributed by atoms with E-state index in [0.717, 1.165) is 17.7 Å². The van der Waals surface area contributed by atoms with Crippen molar-refractivity contribution >= 4 is 17.5 Å². The molecular formula is C18H19N3O2. The molecule has 23 heavy (non-hydrogen) atoms. The minimum atomic E-state index is -0.295. The van der Waals surface area contributed by atoms with E-state index in [1.807, 2.05) is 31.2 Å². The molecule has 0 aliphatic carbocycles. The minimum absolute atomic E-state index is 0.291. The number of para-hydroxylation sites is 1. The number of hydrogen-bond acceptors (Lipinski definition) is 3. The maximum absolute atomic E-state index is 12.4. The summed E-state index contributed by atoms with van der Waals surface area (Å²) < 4.78 is 0. The zero-order valence-electron chi connectivity index (χ0n) is 13.0. The number of carbonyl (C=O) groups excluding carboxylic acids is 2. The second kappa shape index (κ2) is 7.89. The fraction of sp³-hybridized carbons (Fsp3) is 0.167. The Bertz CT molecular complexity index is 726. The topological polar surface area (TPSA) is 71.1 Å². The van der Waals surface area contributed by atoms with Crippen molar-refractivity contribution in [2.75, 3.05) is 11.9 Å². The summed E-state index contributed by atoms with van der Waals surface area (Å²) in [6.45, 7) is 5.93. The number of nitrogens with zero attached hydrogens (tertiary/aromatic N) is 1. The minimum Gasteiger partial charge on any atom is -0.349 e. The fourth-order valence-electron chi connectivity index (χ4n) is 2.10. The van der Waals surface area contributed by atoms with E-state index in [1.54, 1.807) is 6.08 Å². The molecule has 118 valence electrons. The highest BCUT2D eigenvalue weighted by Gasteiger charge is 2.12. The molecule has 0 aliphatic rings. The van der Waals surface area contributed by atoms with Gasteiger partial charge >= 0.3 is 0 Å². The molecular weight excluding hydrogens is 290 g/mol. The summed E-state index contributed by atoms with van der Waals surface area (Å²) in [6.07, 6.45) is 5.27. The van der Waals surface area contributed by atoms with E-state index in [2.05, 4.69) is 22.2 Å². The van der Waals surface area contributed by atoms with Crippen LogP contribution in [-0.4, -0.2) is 23.3 Å². The van der Waals surface area contributed by atoms with Crippen molar-refractivity contribution in [3.63, 3.8) is 0 Å². The molecule has 0 fully saturated rings. The molecule has 0 saturated heterocycles. The van der Waals surface area contributed by atoms with E-state index < -0.39 is 0 Å². The highest BCUT2D eigenvalue weighted by Crippen LogP contribution is 2.16. The molecule has 0 aliphatic heterocycles. The van der Waals surface area contributed by atoms with Crippen LogP contribution in [0.4, 0.5) is 5.69 Å². The third-order valence-electron chi connectivity index (χ3n) is 3.32. The Morgan fingerprint density at radius 1 is 1.17 bits per heavy atom. The summed E-state index contributed by atoms with van der Waals surface area (Å²) in [5.41, 5.74) is 2.49. The summed E-state index contributed by atoms with van der Waals surface area (Å²) in [6, 6.07) is 9.14. The lowest BCUT2D eigenvalue weighted by molar-refractivity contribution is 0.0957. The van der Waals surface area contributed by atoms with Crippen LogP contribution in [0.15, 0.2) is 55.4 Å². The summed E-state index contributed by atoms with van der Waals surface area (Å²) in [7, 11) is 0. The average molecular weight is 309 g/mol. The van der Waals surface area contributed by atoms with Crippen LogP contribution in [0.1, 0.15) is 33.2 Å². The molecule has 0 spiro atoms. The second-order valence-electron chi connectivity index (χ2n) is 4.93. The first kappa shape index (κ1) is 16.4. The number of carbonyl (C=O) groups is 2. The van der Waals surface area contributed by atoms with E-state index >= 15 is 0 Å². The maximum atomic E-state index is 12.4. The molecule has 2 rings (SSSR count). The molecule has 0 bridgehead atoms. The Hall–Kier alpha value is -2.95. The molecule has 1 heterocycles. The quantitative estimate of drug-likeness (QED) is 0.806. The summed E-state index contributed by atoms with van der Waals surface area (Å²) in [4.78, 5) is 28.3. The Morgan fingerprint density at radius 2 is 1.87 bits per heavy atom. The first-order valence-corrected chi connectivity index (χ1v) is 7.39. The average Bonchev–Trinajstić information content (AvgIpc) is 2.60. The predicted molar refractivity (Wildman–Crippen MR) is 90.5 cm³/mol. The Morgan fingerprint density at radius 3 is 2.57 bits per heavy atom. The number of aromatic nitrogens is 1. The molecule has 1 aromatic carbocycles. The SMILES string of the molecule is C=CCNC(=O)c1cncc(C(=O)Nc2ccccc2CC)c1. The molecule has 2 aromatic rings. The molecule has 0 radical (unpaired) electrons. The molecule has 5 heteroatoms. The van der Waals surface area contributed by atoms with E-state index in [-0.39, 0.29) is 11.8 Å². The van der Waals surface area contributed by atoms with Gasteiger partial charge in [0.1, 0.15) is 0 Å². The number of benzene rings is 1. The van der Waals surface area contributed by atoms with Crippen LogP contribution in [0, 0.1) is 0 Å². The molecule has 0 unspecified atom stereocenters. The van der Waals surface area contributed by atoms with Gasteiger partial charge in [-0.05, 0) is 24.1 Å². The molecule has 0 atom stereocenters. The smallest absolute Gasteiger partial charge is 0.257 e. The lowest BCUT2D eigenvalue weighted by Gasteiger charge is -2.10. The molecule has 1 aromatic heterocycles. The molecule has 0 saturated carbocycles. The Labute approximate surface area is 135 Å². The van der Waals surface area contributed by atoms with Crippen molar-refractivity contribution in [1.29, 1.82) is 0 Å². The van der Waals surface area contributed by atoms with Crippen LogP contribution in [0.25, 0.3) is 0 Å². The van der Waals surface area contributed by atoms with Crippen LogP contribution >= 0.6 is 0 Å². The normalized spacial score (nSPS) is 9.96. The summed E-state index contributed by atoms with van der Waals surface area (Å²) in [5.74, 6) is -0.585. The second-order valence-corrected chi connectivity index (χ2v) is 4.93. The summed E-state index contributed by atoms with van der Waals surface area (Å²) >= 11 is 0. The number of pyridine rings is 1. The van der Waals surface area contributed by atoms with E-state index in [1.165, 1.54) is 18.5 Å². The number of aryl methyl sites for hydroxylation is 1. The number of anilines is 1. The van der Waals surface area contributed by atoms with Crippen molar-refractivity contribution in [3.8, 4) is 0 Å². The third kappa shape index (κ3) is 4.26. The first-order chi connectivity index (χ1) is 11.2. The van der Waals surface area contributed by atoms with Gasteiger partial charge in [-0.3, -0.25) is 14.6 Å². The third-order valence-corrected chi connectivity index (χ3v) is 3.32. The highest BCUT2D eigenvalue weighted by atomic mass is 16.2. The van der Waals surface area contributed by atoms with Crippen molar-refractivity contribution < 1.29 is 9.59 Å². The van der Waals surface area contributed by atoms with Gasteiger partial charge in [0, 0.05) is 24.6 Å². The summed E-state index contributed by atoms with van der Waals surface area (Å²) in [5, 5.41) is 5.51. The van der Waals surface area contributed by atoms with Crippen LogP contribution in [0.3, 0.4) is 0 Å². The number of rotatable bonds is 6. The lowest BCUT2D eigenvalue weighted by Crippen LogP contribution is -2.24. The zero-order valence-corrected chi connectivity index (χ0v) is 13.0. The predicted octanol–water partition coefficient (Wildman–Crippen LogP) is 2.81. The van der Waals surface area contributed by atoms with Crippen molar-refractivity contribution in [2.45, 2.75) is 13.3 Å². The van der Waals surface area contributed by atoms with Crippen LogP contribution in [-0.2, 0) is 6.42 Å². The molecule has 2 amide bonds. The van der Waals surface area contributed by atoms with Gasteiger partial charge in [0.2, 0.25) is 0 Å². The highest BCUT2D eigenvalue weighted by molar-refractivity contribution is 6.06. The Balaban J connectivity index is 2.16. The monoisotopic (exact) mass is 309 g/mol. The number of nitrogens with one attached hydrogen (secondary N) is 2. The van der Waals surface area contributed by atoms with Gasteiger partial charge in [0.05, 0.1) is 11.1 Å². The van der Waals surface area contributed by atoms with Gasteiger partial charge in [0.25, 0.3) is 11.8 Å². The molecule has 2 N–H and O–H groups in total. The Kier molecular flexibility index (Phi) is 5.63. The van der Waals surface area contributed by atoms with Crippen LogP contribution in [0.5, 0.6) is 0 Å².